The largest absolute Gasteiger partial charge is 0.486 e. The standard InChI is InChI=1S/C16H23NO2/c17-16(12-5-3-1-2-4-6-12)13-7-8-14-15(11-13)19-10-9-18-14/h7-8,11-12,16H,1-6,9-10,17H2. The summed E-state index contributed by atoms with van der Waals surface area (Å²) >= 11 is 0. The highest BCUT2D eigenvalue weighted by Crippen LogP contribution is 2.36. The quantitative estimate of drug-likeness (QED) is 0.829. The van der Waals surface area contributed by atoms with Gasteiger partial charge in [0.1, 0.15) is 13.2 Å². The Morgan fingerprint density at radius 3 is 2.37 bits per heavy atom. The molecule has 0 radical (unpaired) electrons. The second-order valence-corrected chi connectivity index (χ2v) is 5.68. The highest BCUT2D eigenvalue weighted by Gasteiger charge is 2.22. The maximum absolute atomic E-state index is 6.48. The molecule has 1 aliphatic carbocycles. The van der Waals surface area contributed by atoms with Crippen LogP contribution in [0.25, 0.3) is 0 Å². The molecule has 1 aliphatic heterocycles. The molecule has 0 saturated heterocycles. The van der Waals surface area contributed by atoms with Crippen molar-refractivity contribution in [2.24, 2.45) is 11.7 Å². The summed E-state index contributed by atoms with van der Waals surface area (Å²) in [5.74, 6) is 2.32. The lowest BCUT2D eigenvalue weighted by atomic mass is 9.88. The summed E-state index contributed by atoms with van der Waals surface area (Å²) in [4.78, 5) is 0. The van der Waals surface area contributed by atoms with Crippen LogP contribution in [0.1, 0.15) is 50.1 Å². The van der Waals surface area contributed by atoms with E-state index in [2.05, 4.69) is 12.1 Å². The Kier molecular flexibility index (Phi) is 3.92. The Hall–Kier alpha value is -1.22. The van der Waals surface area contributed by atoms with E-state index >= 15 is 0 Å². The maximum Gasteiger partial charge on any atom is 0.161 e. The van der Waals surface area contributed by atoms with Crippen LogP contribution < -0.4 is 15.2 Å². The molecule has 104 valence electrons. The Labute approximate surface area is 115 Å². The predicted octanol–water partition coefficient (Wildman–Crippen LogP) is 3.43. The molecular weight excluding hydrogens is 238 g/mol. The van der Waals surface area contributed by atoms with Crippen molar-refractivity contribution < 1.29 is 9.47 Å². The summed E-state index contributed by atoms with van der Waals surface area (Å²) in [6, 6.07) is 6.31. The average Bonchev–Trinajstić information content (AvgIpc) is 2.75. The molecule has 1 unspecified atom stereocenters. The van der Waals surface area contributed by atoms with Gasteiger partial charge in [-0.1, -0.05) is 31.7 Å². The molecule has 2 N–H and O–H groups in total. The molecule has 0 spiro atoms. The first-order valence-corrected chi connectivity index (χ1v) is 7.50. The van der Waals surface area contributed by atoms with E-state index in [-0.39, 0.29) is 6.04 Å². The molecule has 1 fully saturated rings. The Bertz CT molecular complexity index is 425. The van der Waals surface area contributed by atoms with Crippen molar-refractivity contribution in [3.05, 3.63) is 23.8 Å². The lowest BCUT2D eigenvalue weighted by Crippen LogP contribution is -2.22. The van der Waals surface area contributed by atoms with Crippen LogP contribution in [0.15, 0.2) is 18.2 Å². The van der Waals surface area contributed by atoms with Gasteiger partial charge in [-0.25, -0.2) is 0 Å². The van der Waals surface area contributed by atoms with E-state index in [9.17, 15) is 0 Å². The maximum atomic E-state index is 6.48. The fourth-order valence-electron chi connectivity index (χ4n) is 3.21. The van der Waals surface area contributed by atoms with Crippen LogP contribution in [-0.2, 0) is 0 Å². The minimum atomic E-state index is 0.133. The van der Waals surface area contributed by atoms with Crippen LogP contribution >= 0.6 is 0 Å². The number of fused-ring (bicyclic) bond motifs is 1. The van der Waals surface area contributed by atoms with Crippen LogP contribution in [0.4, 0.5) is 0 Å². The average molecular weight is 261 g/mol. The summed E-state index contributed by atoms with van der Waals surface area (Å²) in [5.41, 5.74) is 7.67. The van der Waals surface area contributed by atoms with Gasteiger partial charge in [-0.2, -0.15) is 0 Å². The minimum absolute atomic E-state index is 0.133. The zero-order chi connectivity index (χ0) is 13.1. The molecule has 2 aliphatic rings. The third-order valence-electron chi connectivity index (χ3n) is 4.36. The zero-order valence-electron chi connectivity index (χ0n) is 11.4. The van der Waals surface area contributed by atoms with E-state index in [1.54, 1.807) is 0 Å². The van der Waals surface area contributed by atoms with Gasteiger partial charge in [0.25, 0.3) is 0 Å². The van der Waals surface area contributed by atoms with Crippen LogP contribution in [0.3, 0.4) is 0 Å². The third-order valence-corrected chi connectivity index (χ3v) is 4.36. The molecule has 3 rings (SSSR count). The molecule has 19 heavy (non-hydrogen) atoms. The number of benzene rings is 1. The number of hydrogen-bond acceptors (Lipinski definition) is 3. The molecule has 1 heterocycles. The molecule has 1 aromatic rings. The molecule has 1 aromatic carbocycles. The number of ether oxygens (including phenoxy) is 2. The highest BCUT2D eigenvalue weighted by atomic mass is 16.6. The molecule has 3 nitrogen and oxygen atoms in total. The van der Waals surface area contributed by atoms with Gasteiger partial charge in [0.15, 0.2) is 11.5 Å². The van der Waals surface area contributed by atoms with Crippen molar-refractivity contribution in [2.75, 3.05) is 13.2 Å². The predicted molar refractivity (Wildman–Crippen MR) is 75.6 cm³/mol. The van der Waals surface area contributed by atoms with E-state index in [4.69, 9.17) is 15.2 Å². The second kappa shape index (κ2) is 5.83. The van der Waals surface area contributed by atoms with E-state index < -0.39 is 0 Å². The summed E-state index contributed by atoms with van der Waals surface area (Å²) in [5, 5.41) is 0. The van der Waals surface area contributed by atoms with E-state index in [1.807, 2.05) is 6.07 Å². The van der Waals surface area contributed by atoms with Crippen LogP contribution in [0, 0.1) is 5.92 Å². The lowest BCUT2D eigenvalue weighted by Gasteiger charge is -2.25. The van der Waals surface area contributed by atoms with Crippen molar-refractivity contribution >= 4 is 0 Å². The first kappa shape index (κ1) is 12.8. The Morgan fingerprint density at radius 2 is 1.63 bits per heavy atom. The van der Waals surface area contributed by atoms with Gasteiger partial charge in [-0.3, -0.25) is 0 Å². The molecule has 1 saturated carbocycles. The van der Waals surface area contributed by atoms with E-state index in [0.717, 1.165) is 11.5 Å². The van der Waals surface area contributed by atoms with Gasteiger partial charge in [0.05, 0.1) is 0 Å². The van der Waals surface area contributed by atoms with Crippen LogP contribution in [-0.4, -0.2) is 13.2 Å². The van der Waals surface area contributed by atoms with Crippen LogP contribution in [0.5, 0.6) is 11.5 Å². The van der Waals surface area contributed by atoms with E-state index in [0.29, 0.717) is 19.1 Å². The summed E-state index contributed by atoms with van der Waals surface area (Å²) in [7, 11) is 0. The Balaban J connectivity index is 1.76. The van der Waals surface area contributed by atoms with Gasteiger partial charge in [0.2, 0.25) is 0 Å². The smallest absolute Gasteiger partial charge is 0.161 e. The SMILES string of the molecule is NC(c1ccc2c(c1)OCCO2)C1CCCCCC1. The molecule has 1 atom stereocenters. The zero-order valence-corrected chi connectivity index (χ0v) is 11.4. The molecule has 0 amide bonds. The van der Waals surface area contributed by atoms with Gasteiger partial charge < -0.3 is 15.2 Å². The molecule has 0 bridgehead atoms. The number of nitrogens with two attached hydrogens (primary N) is 1. The van der Waals surface area contributed by atoms with E-state index in [1.165, 1.54) is 44.1 Å². The lowest BCUT2D eigenvalue weighted by molar-refractivity contribution is 0.171. The third kappa shape index (κ3) is 2.86. The van der Waals surface area contributed by atoms with Crippen molar-refractivity contribution in [1.82, 2.24) is 0 Å². The molecular formula is C16H23NO2. The fourth-order valence-corrected chi connectivity index (χ4v) is 3.21. The fraction of sp³-hybridized carbons (Fsp3) is 0.625. The monoisotopic (exact) mass is 261 g/mol. The molecule has 3 heteroatoms. The highest BCUT2D eigenvalue weighted by molar-refractivity contribution is 5.44. The summed E-state index contributed by atoms with van der Waals surface area (Å²) in [6.45, 7) is 1.27. The van der Waals surface area contributed by atoms with Crippen molar-refractivity contribution in [2.45, 2.75) is 44.6 Å². The summed E-state index contributed by atoms with van der Waals surface area (Å²) < 4.78 is 11.2. The Morgan fingerprint density at radius 1 is 0.947 bits per heavy atom. The second-order valence-electron chi connectivity index (χ2n) is 5.68. The van der Waals surface area contributed by atoms with Gasteiger partial charge in [0, 0.05) is 6.04 Å². The van der Waals surface area contributed by atoms with Gasteiger partial charge in [-0.05, 0) is 36.5 Å². The number of rotatable bonds is 2. The summed E-state index contributed by atoms with van der Waals surface area (Å²) in [6.07, 6.45) is 7.89. The first-order valence-electron chi connectivity index (χ1n) is 7.50. The number of hydrogen-bond donors (Lipinski definition) is 1. The van der Waals surface area contributed by atoms with Crippen LogP contribution in [0.2, 0.25) is 0 Å². The minimum Gasteiger partial charge on any atom is -0.486 e. The van der Waals surface area contributed by atoms with Gasteiger partial charge >= 0.3 is 0 Å². The first-order chi connectivity index (χ1) is 9.34. The van der Waals surface area contributed by atoms with Gasteiger partial charge in [-0.15, -0.1) is 0 Å². The van der Waals surface area contributed by atoms with Crippen molar-refractivity contribution in [3.63, 3.8) is 0 Å². The van der Waals surface area contributed by atoms with Crippen molar-refractivity contribution in [1.29, 1.82) is 0 Å². The topological polar surface area (TPSA) is 44.5 Å². The van der Waals surface area contributed by atoms with Crippen molar-refractivity contribution in [3.8, 4) is 11.5 Å². The normalized spacial score (nSPS) is 21.7. The molecule has 0 aromatic heterocycles.